The summed E-state index contributed by atoms with van der Waals surface area (Å²) in [6.07, 6.45) is 0. The van der Waals surface area contributed by atoms with Gasteiger partial charge in [0.1, 0.15) is 0 Å². The minimum atomic E-state index is -5.14. The summed E-state index contributed by atoms with van der Waals surface area (Å²) in [6.45, 7) is 7.75. The summed E-state index contributed by atoms with van der Waals surface area (Å²) in [4.78, 5) is 69.6. The van der Waals surface area contributed by atoms with Gasteiger partial charge in [-0.1, -0.05) is 0 Å². The molecule has 0 heterocycles. The molecule has 0 aromatic heterocycles. The Morgan fingerprint density at radius 3 is 0.774 bits per heavy atom. The summed E-state index contributed by atoms with van der Waals surface area (Å²) in [5, 5.41) is 0. The monoisotopic (exact) mass is 500 g/mol. The Balaban J connectivity index is 6.57. The quantitative estimate of drug-likeness (QED) is 0.365. The first-order valence-corrected chi connectivity index (χ1v) is 14.6. The van der Waals surface area contributed by atoms with Gasteiger partial charge in [-0.15, -0.1) is 0 Å². The molecular weight excluding hydrogens is 476 g/mol. The van der Waals surface area contributed by atoms with Gasteiger partial charge in [-0.05, 0) is 0 Å². The Kier molecular flexibility index (Phi) is 10.2. The third-order valence-electron chi connectivity index (χ3n) is 2.47. The van der Waals surface area contributed by atoms with Gasteiger partial charge in [0.05, 0.1) is 0 Å². The van der Waals surface area contributed by atoms with Gasteiger partial charge in [0.2, 0.25) is 0 Å². The van der Waals surface area contributed by atoms with Crippen LogP contribution < -0.4 is 0 Å². The largest absolute Gasteiger partial charge is 0.812 e. The number of hydrogen-bond donors (Lipinski definition) is 0. The average molecular weight is 501 g/mol. The van der Waals surface area contributed by atoms with Crippen molar-refractivity contribution in [2.24, 2.45) is 0 Å². The maximum atomic E-state index is 11.8. The normalized spacial score (nSPS) is 11.6. The first-order valence-electron chi connectivity index (χ1n) is 8.49. The molecule has 0 bridgehead atoms. The number of hydrogen-bond acceptors (Lipinski definition) is 14. The summed E-state index contributed by atoms with van der Waals surface area (Å²) in [5.41, 5.74) is 0. The maximum Gasteiger partial charge on any atom is 0.812 e. The molecule has 0 spiro atoms. The summed E-state index contributed by atoms with van der Waals surface area (Å²) in [7, 11) is -13.9. The standard InChI is InChI=1S/C14H24O14Si3/c1-9(15)21-29(7,22-10(2)16)27-31(25-13(5)19,26-14(6)20)28-30(8,23-11(3)17)24-12(4)18/h1-8H3. The van der Waals surface area contributed by atoms with E-state index in [0.717, 1.165) is 54.6 Å². The van der Waals surface area contributed by atoms with E-state index in [0.29, 0.717) is 0 Å². The molecule has 0 aromatic rings. The average Bonchev–Trinajstić information content (AvgIpc) is 2.38. The van der Waals surface area contributed by atoms with Crippen molar-refractivity contribution in [3.63, 3.8) is 0 Å². The van der Waals surface area contributed by atoms with E-state index in [-0.39, 0.29) is 0 Å². The molecule has 0 atom stereocenters. The highest BCUT2D eigenvalue weighted by Gasteiger charge is 2.68. The lowest BCUT2D eigenvalue weighted by Crippen LogP contribution is -2.66. The zero-order chi connectivity index (χ0) is 24.6. The van der Waals surface area contributed by atoms with Crippen LogP contribution in [0, 0.1) is 0 Å². The number of carbonyl (C=O) groups is 6. The molecule has 0 fully saturated rings. The Morgan fingerprint density at radius 1 is 0.419 bits per heavy atom. The zero-order valence-electron chi connectivity index (χ0n) is 18.2. The lowest BCUT2D eigenvalue weighted by molar-refractivity contribution is -0.148. The van der Waals surface area contributed by atoms with Gasteiger partial charge in [-0.25, -0.2) is 0 Å². The SMILES string of the molecule is CC(=O)O[Si](C)(OC(C)=O)O[Si](OC(C)=O)(OC(C)=O)O[Si](C)(OC(C)=O)OC(C)=O. The molecule has 0 amide bonds. The molecule has 0 rings (SSSR count). The Hall–Kier alpha value is -2.61. The van der Waals surface area contributed by atoms with Crippen LogP contribution >= 0.6 is 0 Å². The lowest BCUT2D eigenvalue weighted by atomic mass is 10.9. The van der Waals surface area contributed by atoms with Crippen molar-refractivity contribution in [2.45, 2.75) is 54.6 Å². The van der Waals surface area contributed by atoms with Crippen LogP contribution in [0.4, 0.5) is 0 Å². The first-order chi connectivity index (χ1) is 13.9. The molecule has 31 heavy (non-hydrogen) atoms. The van der Waals surface area contributed by atoms with Crippen molar-refractivity contribution in [1.29, 1.82) is 0 Å². The van der Waals surface area contributed by atoms with Gasteiger partial charge in [0.25, 0.3) is 35.8 Å². The fraction of sp³-hybridized carbons (Fsp3) is 0.571. The zero-order valence-corrected chi connectivity index (χ0v) is 21.2. The molecule has 0 unspecified atom stereocenters. The van der Waals surface area contributed by atoms with Crippen LogP contribution in [0.1, 0.15) is 41.5 Å². The van der Waals surface area contributed by atoms with Crippen LogP contribution in [-0.4, -0.2) is 62.5 Å². The van der Waals surface area contributed by atoms with Crippen LogP contribution in [0.15, 0.2) is 0 Å². The Bertz CT molecular complexity index is 657. The van der Waals surface area contributed by atoms with Gasteiger partial charge < -0.3 is 34.8 Å². The van der Waals surface area contributed by atoms with Gasteiger partial charge in [-0.3, -0.25) is 28.8 Å². The van der Waals surface area contributed by atoms with E-state index in [1.807, 2.05) is 0 Å². The van der Waals surface area contributed by atoms with Crippen molar-refractivity contribution in [1.82, 2.24) is 0 Å². The Labute approximate surface area is 181 Å². The van der Waals surface area contributed by atoms with E-state index in [9.17, 15) is 28.8 Å². The third kappa shape index (κ3) is 11.4. The van der Waals surface area contributed by atoms with E-state index in [2.05, 4.69) is 0 Å². The second-order valence-electron chi connectivity index (χ2n) is 5.99. The highest BCUT2D eigenvalue weighted by atomic mass is 28.5. The molecule has 0 saturated heterocycles. The van der Waals surface area contributed by atoms with Crippen molar-refractivity contribution >= 4 is 62.5 Å². The van der Waals surface area contributed by atoms with Crippen LogP contribution in [-0.2, 0) is 63.6 Å². The fourth-order valence-electron chi connectivity index (χ4n) is 2.10. The topological polar surface area (TPSA) is 176 Å². The van der Waals surface area contributed by atoms with E-state index < -0.39 is 62.5 Å². The molecule has 0 aromatic carbocycles. The van der Waals surface area contributed by atoms with Gasteiger partial charge in [-0.2, -0.15) is 0 Å². The van der Waals surface area contributed by atoms with Crippen LogP contribution in [0.2, 0.25) is 13.1 Å². The lowest BCUT2D eigenvalue weighted by Gasteiger charge is -2.35. The van der Waals surface area contributed by atoms with Crippen molar-refractivity contribution in [3.8, 4) is 0 Å². The number of rotatable bonds is 10. The molecule has 0 aliphatic carbocycles. The predicted octanol–water partition coefficient (Wildman–Crippen LogP) is -0.0288. The molecule has 0 radical (unpaired) electrons. The third-order valence-corrected chi connectivity index (χ3v) is 11.1. The minimum Gasteiger partial charge on any atom is -0.465 e. The van der Waals surface area contributed by atoms with Crippen molar-refractivity contribution < 1.29 is 63.6 Å². The second kappa shape index (κ2) is 11.1. The molecule has 0 aliphatic heterocycles. The smallest absolute Gasteiger partial charge is 0.465 e. The summed E-state index contributed by atoms with van der Waals surface area (Å²) in [6, 6.07) is 0. The molecule has 17 heteroatoms. The second-order valence-corrected chi connectivity index (χ2v) is 13.3. The first kappa shape index (κ1) is 28.4. The molecule has 176 valence electrons. The van der Waals surface area contributed by atoms with Crippen LogP contribution in [0.3, 0.4) is 0 Å². The van der Waals surface area contributed by atoms with Gasteiger partial charge >= 0.3 is 26.7 Å². The van der Waals surface area contributed by atoms with E-state index in [1.165, 1.54) is 0 Å². The van der Waals surface area contributed by atoms with E-state index in [1.54, 1.807) is 0 Å². The van der Waals surface area contributed by atoms with Crippen molar-refractivity contribution in [2.75, 3.05) is 0 Å². The molecule has 14 nitrogen and oxygen atoms in total. The Morgan fingerprint density at radius 2 is 0.613 bits per heavy atom. The molecular formula is C14H24O14Si3. The highest BCUT2D eigenvalue weighted by Crippen LogP contribution is 2.27. The minimum absolute atomic E-state index is 0.894. The van der Waals surface area contributed by atoms with Gasteiger partial charge in [0.15, 0.2) is 0 Å². The highest BCUT2D eigenvalue weighted by molar-refractivity contribution is 6.80. The fourth-order valence-corrected chi connectivity index (χ4v) is 10.5. The van der Waals surface area contributed by atoms with E-state index in [4.69, 9.17) is 34.8 Å². The molecule has 0 N–H and O–H groups in total. The molecule has 0 aliphatic rings. The van der Waals surface area contributed by atoms with Crippen LogP contribution in [0.5, 0.6) is 0 Å². The predicted molar refractivity (Wildman–Crippen MR) is 102 cm³/mol. The summed E-state index contributed by atoms with van der Waals surface area (Å²) < 4.78 is 40.7. The van der Waals surface area contributed by atoms with Crippen molar-refractivity contribution in [3.05, 3.63) is 0 Å². The van der Waals surface area contributed by atoms with E-state index >= 15 is 0 Å². The van der Waals surface area contributed by atoms with Gasteiger partial charge in [0, 0.05) is 54.6 Å². The summed E-state index contributed by atoms with van der Waals surface area (Å²) in [5.74, 6) is -6.02. The summed E-state index contributed by atoms with van der Waals surface area (Å²) >= 11 is 0. The molecule has 0 saturated carbocycles. The number of carbonyl (C=O) groups excluding carboxylic acids is 6. The maximum absolute atomic E-state index is 11.8. The van der Waals surface area contributed by atoms with Crippen LogP contribution in [0.25, 0.3) is 0 Å².